The third-order valence-electron chi connectivity index (χ3n) is 7.00. The van der Waals surface area contributed by atoms with Crippen LogP contribution < -0.4 is 9.47 Å². The van der Waals surface area contributed by atoms with Crippen molar-refractivity contribution in [3.05, 3.63) is 57.8 Å². The molecule has 1 heterocycles. The van der Waals surface area contributed by atoms with Crippen LogP contribution in [0.5, 0.6) is 11.5 Å². The maximum absolute atomic E-state index is 13.2. The van der Waals surface area contributed by atoms with Crippen molar-refractivity contribution in [2.75, 3.05) is 19.8 Å². The lowest BCUT2D eigenvalue weighted by atomic mass is 9.75. The zero-order valence-electron chi connectivity index (χ0n) is 19.6. The molecule has 5 nitrogen and oxygen atoms in total. The van der Waals surface area contributed by atoms with E-state index in [9.17, 15) is 14.3 Å². The number of carbonyl (C=O) groups is 1. The molecule has 190 valence electrons. The Hall–Kier alpha value is -2.02. The van der Waals surface area contributed by atoms with Gasteiger partial charge < -0.3 is 19.3 Å². The Morgan fingerprint density at radius 3 is 2.51 bits per heavy atom. The van der Waals surface area contributed by atoms with Gasteiger partial charge in [0.05, 0.1) is 24.3 Å². The van der Waals surface area contributed by atoms with E-state index >= 15 is 0 Å². The molecule has 35 heavy (non-hydrogen) atoms. The van der Waals surface area contributed by atoms with Gasteiger partial charge in [-0.1, -0.05) is 42.5 Å². The van der Waals surface area contributed by atoms with Crippen molar-refractivity contribution >= 4 is 29.2 Å². The Balaban J connectivity index is 1.56. The largest absolute Gasteiger partial charge is 0.494 e. The van der Waals surface area contributed by atoms with Crippen LogP contribution in [-0.4, -0.2) is 37.0 Å². The molecule has 1 N–H and O–H groups in total. The molecule has 1 saturated heterocycles. The number of carbonyl (C=O) groups excluding carboxylic acids is 1. The van der Waals surface area contributed by atoms with Crippen LogP contribution in [0.2, 0.25) is 10.0 Å². The summed E-state index contributed by atoms with van der Waals surface area (Å²) in [5, 5.41) is 11.2. The third-order valence-corrected chi connectivity index (χ3v) is 7.50. The van der Waals surface area contributed by atoms with Crippen molar-refractivity contribution in [1.82, 2.24) is 0 Å². The second-order valence-corrected chi connectivity index (χ2v) is 10.2. The minimum absolute atomic E-state index is 0.0299. The standard InChI is InChI=1S/C27H31Cl2FO5/c28-18-14-22(26(24(29)15-18)35-16-23-25(31)11-13-34-27(23)32)21(17-4-2-1-3-5-17)10-12-33-20-8-6-19(30)7-9-20/h6-9,14-15,17,21,23,25,31H,1-5,10-13,16H2/t21?,23-,25+/m0/s1. The van der Waals surface area contributed by atoms with Crippen molar-refractivity contribution in [2.45, 2.75) is 57.0 Å². The molecule has 1 aliphatic carbocycles. The van der Waals surface area contributed by atoms with Gasteiger partial charge in [-0.3, -0.25) is 4.79 Å². The van der Waals surface area contributed by atoms with Crippen LogP contribution in [0.3, 0.4) is 0 Å². The van der Waals surface area contributed by atoms with Crippen LogP contribution in [0.15, 0.2) is 36.4 Å². The molecule has 2 aromatic rings. The zero-order chi connectivity index (χ0) is 24.8. The maximum atomic E-state index is 13.2. The van der Waals surface area contributed by atoms with Gasteiger partial charge in [-0.2, -0.15) is 0 Å². The normalized spacial score (nSPS) is 21.9. The molecule has 0 aromatic heterocycles. The lowest BCUT2D eigenvalue weighted by molar-refractivity contribution is -0.162. The highest BCUT2D eigenvalue weighted by Gasteiger charge is 2.34. The molecule has 8 heteroatoms. The van der Waals surface area contributed by atoms with Crippen molar-refractivity contribution in [3.8, 4) is 11.5 Å². The van der Waals surface area contributed by atoms with Gasteiger partial charge in [-0.05, 0) is 67.5 Å². The second-order valence-electron chi connectivity index (χ2n) is 9.34. The number of halogens is 3. The minimum Gasteiger partial charge on any atom is -0.494 e. The molecule has 0 spiro atoms. The average molecular weight is 525 g/mol. The fraction of sp³-hybridized carbons (Fsp3) is 0.519. The number of hydrogen-bond acceptors (Lipinski definition) is 5. The van der Waals surface area contributed by atoms with Gasteiger partial charge in [0.2, 0.25) is 0 Å². The molecular formula is C27H31Cl2FO5. The molecule has 1 aliphatic heterocycles. The Morgan fingerprint density at radius 1 is 1.06 bits per heavy atom. The Morgan fingerprint density at radius 2 is 1.80 bits per heavy atom. The van der Waals surface area contributed by atoms with E-state index in [1.807, 2.05) is 6.07 Å². The number of ether oxygens (including phenoxy) is 3. The summed E-state index contributed by atoms with van der Waals surface area (Å²) in [6.45, 7) is 0.614. The molecule has 2 fully saturated rings. The Bertz CT molecular complexity index is 994. The van der Waals surface area contributed by atoms with E-state index < -0.39 is 18.0 Å². The SMILES string of the molecule is O=C1OCC[C@@H](O)[C@@H]1COc1c(Cl)cc(Cl)cc1C(CCOc1ccc(F)cc1)C1CCCCC1. The summed E-state index contributed by atoms with van der Waals surface area (Å²) in [6.07, 6.45) is 5.96. The van der Waals surface area contributed by atoms with Gasteiger partial charge in [0.15, 0.2) is 0 Å². The summed E-state index contributed by atoms with van der Waals surface area (Å²) in [5.41, 5.74) is 0.885. The summed E-state index contributed by atoms with van der Waals surface area (Å²) in [6, 6.07) is 9.50. The summed E-state index contributed by atoms with van der Waals surface area (Å²) < 4.78 is 30.4. The average Bonchev–Trinajstić information content (AvgIpc) is 2.84. The van der Waals surface area contributed by atoms with E-state index in [-0.39, 0.29) is 24.9 Å². The molecule has 0 amide bonds. The summed E-state index contributed by atoms with van der Waals surface area (Å²) in [5.74, 6) is 0.0380. The Kier molecular flexibility index (Phi) is 9.15. The lowest BCUT2D eigenvalue weighted by Crippen LogP contribution is -2.40. The number of aliphatic hydroxyl groups excluding tert-OH is 1. The topological polar surface area (TPSA) is 65.0 Å². The van der Waals surface area contributed by atoms with E-state index in [1.165, 1.54) is 18.6 Å². The number of benzene rings is 2. The quantitative estimate of drug-likeness (QED) is 0.376. The van der Waals surface area contributed by atoms with Crippen LogP contribution in [0.4, 0.5) is 4.39 Å². The first kappa shape index (κ1) is 26.1. The number of aliphatic hydroxyl groups is 1. The van der Waals surface area contributed by atoms with E-state index in [0.29, 0.717) is 46.9 Å². The molecule has 1 unspecified atom stereocenters. The molecule has 0 radical (unpaired) electrons. The van der Waals surface area contributed by atoms with E-state index in [1.54, 1.807) is 18.2 Å². The molecule has 4 rings (SSSR count). The smallest absolute Gasteiger partial charge is 0.315 e. The fourth-order valence-corrected chi connectivity index (χ4v) is 5.69. The number of cyclic esters (lactones) is 1. The number of esters is 1. The molecule has 2 aromatic carbocycles. The molecule has 0 bridgehead atoms. The summed E-state index contributed by atoms with van der Waals surface area (Å²) >= 11 is 13.0. The molecule has 1 saturated carbocycles. The third kappa shape index (κ3) is 6.81. The highest BCUT2D eigenvalue weighted by molar-refractivity contribution is 6.35. The van der Waals surface area contributed by atoms with Crippen molar-refractivity contribution in [2.24, 2.45) is 11.8 Å². The Labute approximate surface area is 215 Å². The second kappa shape index (κ2) is 12.3. The van der Waals surface area contributed by atoms with Crippen LogP contribution in [0, 0.1) is 17.7 Å². The van der Waals surface area contributed by atoms with Gasteiger partial charge >= 0.3 is 5.97 Å². The van der Waals surface area contributed by atoms with Crippen molar-refractivity contribution < 1.29 is 28.5 Å². The number of hydrogen-bond donors (Lipinski definition) is 1. The van der Waals surface area contributed by atoms with Crippen molar-refractivity contribution in [1.29, 1.82) is 0 Å². The first-order valence-corrected chi connectivity index (χ1v) is 13.0. The lowest BCUT2D eigenvalue weighted by Gasteiger charge is -2.33. The molecule has 2 aliphatic rings. The maximum Gasteiger partial charge on any atom is 0.315 e. The molecule has 3 atom stereocenters. The van der Waals surface area contributed by atoms with Gasteiger partial charge in [0, 0.05) is 17.0 Å². The molecular weight excluding hydrogens is 494 g/mol. The van der Waals surface area contributed by atoms with Crippen molar-refractivity contribution in [3.63, 3.8) is 0 Å². The van der Waals surface area contributed by atoms with Gasteiger partial charge in [-0.15, -0.1) is 0 Å². The van der Waals surface area contributed by atoms with E-state index in [0.717, 1.165) is 31.2 Å². The summed E-state index contributed by atoms with van der Waals surface area (Å²) in [7, 11) is 0. The van der Waals surface area contributed by atoms with Gasteiger partial charge in [-0.25, -0.2) is 4.39 Å². The highest BCUT2D eigenvalue weighted by Crippen LogP contribution is 2.45. The number of rotatable bonds is 9. The predicted molar refractivity (Wildman–Crippen MR) is 133 cm³/mol. The van der Waals surface area contributed by atoms with E-state index in [4.69, 9.17) is 37.4 Å². The van der Waals surface area contributed by atoms with Crippen LogP contribution >= 0.6 is 23.2 Å². The first-order chi connectivity index (χ1) is 16.9. The minimum atomic E-state index is -0.816. The fourth-order valence-electron chi connectivity index (χ4n) is 5.12. The van der Waals surface area contributed by atoms with E-state index in [2.05, 4.69) is 0 Å². The predicted octanol–water partition coefficient (Wildman–Crippen LogP) is 6.57. The highest BCUT2D eigenvalue weighted by atomic mass is 35.5. The van der Waals surface area contributed by atoms with Gasteiger partial charge in [0.1, 0.15) is 29.8 Å². The zero-order valence-corrected chi connectivity index (χ0v) is 21.1. The summed E-state index contributed by atoms with van der Waals surface area (Å²) in [4.78, 5) is 12.2. The van der Waals surface area contributed by atoms with Crippen LogP contribution in [0.1, 0.15) is 56.4 Å². The van der Waals surface area contributed by atoms with Gasteiger partial charge in [0.25, 0.3) is 0 Å². The van der Waals surface area contributed by atoms with Crippen LogP contribution in [-0.2, 0) is 9.53 Å². The van der Waals surface area contributed by atoms with Crippen LogP contribution in [0.25, 0.3) is 0 Å². The monoisotopic (exact) mass is 524 g/mol. The first-order valence-electron chi connectivity index (χ1n) is 12.3.